The van der Waals surface area contributed by atoms with Crippen LogP contribution in [0, 0.1) is 0 Å². The van der Waals surface area contributed by atoms with E-state index < -0.39 is 0 Å². The third-order valence-corrected chi connectivity index (χ3v) is 3.61. The summed E-state index contributed by atoms with van der Waals surface area (Å²) in [5, 5.41) is 2.10. The zero-order valence-corrected chi connectivity index (χ0v) is 11.2. The lowest BCUT2D eigenvalue weighted by Crippen LogP contribution is -2.10. The van der Waals surface area contributed by atoms with Crippen LogP contribution >= 0.6 is 11.3 Å². The van der Waals surface area contributed by atoms with Crippen LogP contribution in [0.3, 0.4) is 0 Å². The van der Waals surface area contributed by atoms with Crippen molar-refractivity contribution in [1.82, 2.24) is 0 Å². The van der Waals surface area contributed by atoms with Crippen LogP contribution in [-0.4, -0.2) is 6.10 Å². The molecule has 2 heteroatoms. The van der Waals surface area contributed by atoms with Crippen molar-refractivity contribution in [2.24, 2.45) is 0 Å². The molecule has 0 aliphatic heterocycles. The van der Waals surface area contributed by atoms with E-state index >= 15 is 0 Å². The van der Waals surface area contributed by atoms with Crippen LogP contribution in [0.25, 0.3) is 10.4 Å². The van der Waals surface area contributed by atoms with Crippen molar-refractivity contribution < 1.29 is 4.74 Å². The second-order valence-corrected chi connectivity index (χ2v) is 5.17. The summed E-state index contributed by atoms with van der Waals surface area (Å²) in [6, 6.07) is 12.6. The first-order valence-corrected chi connectivity index (χ1v) is 6.98. The lowest BCUT2D eigenvalue weighted by Gasteiger charge is -2.13. The highest BCUT2D eigenvalue weighted by atomic mass is 32.1. The third kappa shape index (κ3) is 3.34. The van der Waals surface area contributed by atoms with E-state index in [2.05, 4.69) is 55.6 Å². The monoisotopic (exact) mass is 246 g/mol. The minimum Gasteiger partial charge on any atom is -0.491 e. The summed E-state index contributed by atoms with van der Waals surface area (Å²) < 4.78 is 5.83. The first-order valence-electron chi connectivity index (χ1n) is 6.10. The average Bonchev–Trinajstić information content (AvgIpc) is 2.84. The largest absolute Gasteiger partial charge is 0.491 e. The number of thiophene rings is 1. The second-order valence-electron chi connectivity index (χ2n) is 4.22. The quantitative estimate of drug-likeness (QED) is 0.722. The standard InChI is InChI=1S/C15H18OS/c1-3-5-12(2)16-14-9-7-13(8-10-14)15-6-4-11-17-15/h4,6-12H,3,5H2,1-2H3. The zero-order chi connectivity index (χ0) is 12.1. The van der Waals surface area contributed by atoms with Crippen molar-refractivity contribution in [2.45, 2.75) is 32.8 Å². The summed E-state index contributed by atoms with van der Waals surface area (Å²) in [5.41, 5.74) is 1.26. The number of benzene rings is 1. The summed E-state index contributed by atoms with van der Waals surface area (Å²) in [4.78, 5) is 1.30. The Kier molecular flexibility index (Phi) is 4.21. The molecule has 1 atom stereocenters. The van der Waals surface area contributed by atoms with Crippen LogP contribution in [-0.2, 0) is 0 Å². The van der Waals surface area contributed by atoms with Gasteiger partial charge in [0.1, 0.15) is 5.75 Å². The smallest absolute Gasteiger partial charge is 0.119 e. The van der Waals surface area contributed by atoms with Gasteiger partial charge in [-0.1, -0.05) is 19.4 Å². The van der Waals surface area contributed by atoms with Crippen LogP contribution in [0.4, 0.5) is 0 Å². The molecule has 1 aromatic heterocycles. The van der Waals surface area contributed by atoms with Crippen molar-refractivity contribution in [3.8, 4) is 16.2 Å². The maximum absolute atomic E-state index is 5.83. The SMILES string of the molecule is CCCC(C)Oc1ccc(-c2cccs2)cc1. The fourth-order valence-corrected chi connectivity index (χ4v) is 2.57. The molecule has 17 heavy (non-hydrogen) atoms. The first-order chi connectivity index (χ1) is 8.29. The Morgan fingerprint density at radius 3 is 2.53 bits per heavy atom. The highest BCUT2D eigenvalue weighted by Crippen LogP contribution is 2.26. The van der Waals surface area contributed by atoms with Gasteiger partial charge in [0.15, 0.2) is 0 Å². The van der Waals surface area contributed by atoms with Gasteiger partial charge in [0.25, 0.3) is 0 Å². The maximum atomic E-state index is 5.83. The Bertz CT molecular complexity index is 430. The van der Waals surface area contributed by atoms with E-state index in [1.807, 2.05) is 0 Å². The summed E-state index contributed by atoms with van der Waals surface area (Å²) in [6.45, 7) is 4.30. The van der Waals surface area contributed by atoms with Gasteiger partial charge in [-0.3, -0.25) is 0 Å². The van der Waals surface area contributed by atoms with Crippen molar-refractivity contribution in [2.75, 3.05) is 0 Å². The topological polar surface area (TPSA) is 9.23 Å². The number of hydrogen-bond donors (Lipinski definition) is 0. The van der Waals surface area contributed by atoms with Crippen LogP contribution in [0.1, 0.15) is 26.7 Å². The molecule has 0 N–H and O–H groups in total. The third-order valence-electron chi connectivity index (χ3n) is 2.69. The predicted molar refractivity (Wildman–Crippen MR) is 74.8 cm³/mol. The first kappa shape index (κ1) is 12.2. The fourth-order valence-electron chi connectivity index (χ4n) is 1.84. The number of ether oxygens (including phenoxy) is 1. The van der Waals surface area contributed by atoms with E-state index in [-0.39, 0.29) is 0 Å². The average molecular weight is 246 g/mol. The molecule has 1 unspecified atom stereocenters. The fraction of sp³-hybridized carbons (Fsp3) is 0.333. The number of rotatable bonds is 5. The van der Waals surface area contributed by atoms with Crippen molar-refractivity contribution >= 4 is 11.3 Å². The van der Waals surface area contributed by atoms with Gasteiger partial charge >= 0.3 is 0 Å². The molecule has 0 aliphatic carbocycles. The Labute approximate surface area is 107 Å². The molecule has 0 spiro atoms. The summed E-state index contributed by atoms with van der Waals surface area (Å²) >= 11 is 1.76. The van der Waals surface area contributed by atoms with Crippen molar-refractivity contribution in [3.05, 3.63) is 41.8 Å². The molecule has 0 saturated heterocycles. The molecule has 0 saturated carbocycles. The molecule has 0 aliphatic rings. The molecular formula is C15H18OS. The Morgan fingerprint density at radius 2 is 1.94 bits per heavy atom. The van der Waals surface area contributed by atoms with E-state index in [1.165, 1.54) is 10.4 Å². The van der Waals surface area contributed by atoms with E-state index in [0.29, 0.717) is 6.10 Å². The van der Waals surface area contributed by atoms with Crippen LogP contribution < -0.4 is 4.74 Å². The highest BCUT2D eigenvalue weighted by Gasteiger charge is 2.03. The van der Waals surface area contributed by atoms with Crippen LogP contribution in [0.5, 0.6) is 5.75 Å². The molecule has 1 aromatic carbocycles. The maximum Gasteiger partial charge on any atom is 0.119 e. The molecule has 2 rings (SSSR count). The minimum absolute atomic E-state index is 0.299. The Morgan fingerprint density at radius 1 is 1.18 bits per heavy atom. The Balaban J connectivity index is 2.03. The van der Waals surface area contributed by atoms with Gasteiger partial charge in [-0.15, -0.1) is 11.3 Å². The van der Waals surface area contributed by atoms with Crippen molar-refractivity contribution in [3.63, 3.8) is 0 Å². The lowest BCUT2D eigenvalue weighted by molar-refractivity contribution is 0.210. The molecule has 0 fully saturated rings. The minimum atomic E-state index is 0.299. The predicted octanol–water partition coefficient (Wildman–Crippen LogP) is 4.98. The molecule has 0 radical (unpaired) electrons. The van der Waals surface area contributed by atoms with Gasteiger partial charge < -0.3 is 4.74 Å². The molecule has 90 valence electrons. The van der Waals surface area contributed by atoms with Gasteiger partial charge in [0.05, 0.1) is 6.10 Å². The molecule has 0 bridgehead atoms. The molecule has 1 heterocycles. The molecule has 1 nitrogen and oxygen atoms in total. The van der Waals surface area contributed by atoms with Gasteiger partial charge in [-0.2, -0.15) is 0 Å². The number of hydrogen-bond acceptors (Lipinski definition) is 2. The second kappa shape index (κ2) is 5.87. The Hall–Kier alpha value is -1.28. The van der Waals surface area contributed by atoms with Gasteiger partial charge in [0, 0.05) is 4.88 Å². The summed E-state index contributed by atoms with van der Waals surface area (Å²) in [7, 11) is 0. The van der Waals surface area contributed by atoms with Gasteiger partial charge in [-0.05, 0) is 54.6 Å². The lowest BCUT2D eigenvalue weighted by atomic mass is 10.2. The van der Waals surface area contributed by atoms with E-state index in [0.717, 1.165) is 18.6 Å². The van der Waals surface area contributed by atoms with E-state index in [1.54, 1.807) is 11.3 Å². The van der Waals surface area contributed by atoms with Gasteiger partial charge in [-0.25, -0.2) is 0 Å². The molecular weight excluding hydrogens is 228 g/mol. The van der Waals surface area contributed by atoms with Crippen LogP contribution in [0.15, 0.2) is 41.8 Å². The summed E-state index contributed by atoms with van der Waals surface area (Å²) in [6.07, 6.45) is 2.56. The highest BCUT2D eigenvalue weighted by molar-refractivity contribution is 7.13. The summed E-state index contributed by atoms with van der Waals surface area (Å²) in [5.74, 6) is 0.964. The van der Waals surface area contributed by atoms with Crippen molar-refractivity contribution in [1.29, 1.82) is 0 Å². The van der Waals surface area contributed by atoms with Crippen LogP contribution in [0.2, 0.25) is 0 Å². The zero-order valence-electron chi connectivity index (χ0n) is 10.3. The van der Waals surface area contributed by atoms with E-state index in [9.17, 15) is 0 Å². The van der Waals surface area contributed by atoms with E-state index in [4.69, 9.17) is 4.74 Å². The molecule has 0 amide bonds. The normalized spacial score (nSPS) is 12.4. The van der Waals surface area contributed by atoms with Gasteiger partial charge in [0.2, 0.25) is 0 Å². The molecule has 2 aromatic rings.